The smallest absolute Gasteiger partial charge is 0.0623 e. The number of ether oxygens (including phenoxy) is 1. The van der Waals surface area contributed by atoms with Crippen LogP contribution in [0.4, 0.5) is 0 Å². The molecule has 3 rings (SSSR count). The van der Waals surface area contributed by atoms with E-state index in [4.69, 9.17) is 10.5 Å². The maximum absolute atomic E-state index is 6.42. The summed E-state index contributed by atoms with van der Waals surface area (Å²) < 4.78 is 5.91. The van der Waals surface area contributed by atoms with E-state index < -0.39 is 0 Å². The quantitative estimate of drug-likeness (QED) is 0.901. The van der Waals surface area contributed by atoms with Gasteiger partial charge in [-0.2, -0.15) is 0 Å². The molecule has 2 N–H and O–H groups in total. The summed E-state index contributed by atoms with van der Waals surface area (Å²) in [5, 5.41) is 0. The molecule has 0 radical (unpaired) electrons. The van der Waals surface area contributed by atoms with E-state index in [0.29, 0.717) is 24.0 Å². The average Bonchev–Trinajstić information content (AvgIpc) is 3.01. The predicted octanol–water partition coefficient (Wildman–Crippen LogP) is 3.25. The van der Waals surface area contributed by atoms with E-state index in [2.05, 4.69) is 38.1 Å². The van der Waals surface area contributed by atoms with Crippen LogP contribution in [0.2, 0.25) is 0 Å². The number of hydrogen-bond donors (Lipinski definition) is 1. The van der Waals surface area contributed by atoms with Crippen LogP contribution in [-0.4, -0.2) is 18.2 Å². The highest BCUT2D eigenvalue weighted by Crippen LogP contribution is 2.40. The normalized spacial score (nSPS) is 31.1. The monoisotopic (exact) mass is 259 g/mol. The standard InChI is InChI=1S/C17H25NO/c1-11(2)13-5-3-12(4-6-13)9-16(18)15-10-14-7-8-17(15)19-14/h3-6,11,14-17H,7-10,18H2,1-2H3. The molecule has 0 aliphatic carbocycles. The fourth-order valence-corrected chi connectivity index (χ4v) is 3.59. The summed E-state index contributed by atoms with van der Waals surface area (Å²) in [7, 11) is 0. The van der Waals surface area contributed by atoms with Crippen molar-refractivity contribution in [3.8, 4) is 0 Å². The Balaban J connectivity index is 1.61. The van der Waals surface area contributed by atoms with Gasteiger partial charge in [0.1, 0.15) is 0 Å². The first-order valence-corrected chi connectivity index (χ1v) is 7.63. The summed E-state index contributed by atoms with van der Waals surface area (Å²) in [5.74, 6) is 1.17. The Morgan fingerprint density at radius 1 is 1.21 bits per heavy atom. The second kappa shape index (κ2) is 5.26. The molecule has 1 aromatic rings. The Labute approximate surface area is 116 Å². The van der Waals surface area contributed by atoms with Crippen LogP contribution in [0.3, 0.4) is 0 Å². The van der Waals surface area contributed by atoms with Crippen LogP contribution in [0.25, 0.3) is 0 Å². The highest BCUT2D eigenvalue weighted by molar-refractivity contribution is 5.25. The Hall–Kier alpha value is -0.860. The zero-order valence-electron chi connectivity index (χ0n) is 12.0. The first kappa shape index (κ1) is 13.1. The third-order valence-corrected chi connectivity index (χ3v) is 4.82. The first-order chi connectivity index (χ1) is 9.13. The second-order valence-electron chi connectivity index (χ2n) is 6.54. The summed E-state index contributed by atoms with van der Waals surface area (Å²) in [5.41, 5.74) is 9.18. The second-order valence-corrected chi connectivity index (χ2v) is 6.54. The molecule has 2 aliphatic heterocycles. The van der Waals surface area contributed by atoms with Gasteiger partial charge in [0, 0.05) is 12.0 Å². The summed E-state index contributed by atoms with van der Waals surface area (Å²) in [6, 6.07) is 9.21. The molecule has 1 aromatic carbocycles. The van der Waals surface area contributed by atoms with E-state index in [9.17, 15) is 0 Å². The molecule has 4 atom stereocenters. The topological polar surface area (TPSA) is 35.2 Å². The minimum atomic E-state index is 0.250. The zero-order valence-corrected chi connectivity index (χ0v) is 12.0. The van der Waals surface area contributed by atoms with Gasteiger partial charge in [-0.15, -0.1) is 0 Å². The molecule has 0 amide bonds. The minimum absolute atomic E-state index is 0.250. The molecule has 2 saturated heterocycles. The van der Waals surface area contributed by atoms with Gasteiger partial charge >= 0.3 is 0 Å². The van der Waals surface area contributed by atoms with E-state index in [1.807, 2.05) is 0 Å². The number of benzene rings is 1. The lowest BCUT2D eigenvalue weighted by Gasteiger charge is -2.25. The van der Waals surface area contributed by atoms with Gasteiger partial charge in [0.2, 0.25) is 0 Å². The molecular formula is C17H25NO. The largest absolute Gasteiger partial charge is 0.375 e. The van der Waals surface area contributed by atoms with Crippen molar-refractivity contribution in [2.45, 2.75) is 63.7 Å². The molecule has 0 saturated carbocycles. The number of nitrogens with two attached hydrogens (primary N) is 1. The third kappa shape index (κ3) is 2.70. The van der Waals surface area contributed by atoms with Crippen LogP contribution >= 0.6 is 0 Å². The van der Waals surface area contributed by atoms with Gasteiger partial charge in [-0.05, 0) is 42.7 Å². The van der Waals surface area contributed by atoms with Gasteiger partial charge in [-0.25, -0.2) is 0 Å². The highest BCUT2D eigenvalue weighted by Gasteiger charge is 2.43. The van der Waals surface area contributed by atoms with Gasteiger partial charge in [-0.3, -0.25) is 0 Å². The molecule has 2 fully saturated rings. The first-order valence-electron chi connectivity index (χ1n) is 7.63. The predicted molar refractivity (Wildman–Crippen MR) is 78.2 cm³/mol. The van der Waals surface area contributed by atoms with Crippen LogP contribution in [-0.2, 0) is 11.2 Å². The fourth-order valence-electron chi connectivity index (χ4n) is 3.59. The summed E-state index contributed by atoms with van der Waals surface area (Å²) in [6.07, 6.45) is 5.57. The summed E-state index contributed by atoms with van der Waals surface area (Å²) in [6.45, 7) is 4.46. The van der Waals surface area contributed by atoms with E-state index in [1.54, 1.807) is 0 Å². The van der Waals surface area contributed by atoms with Crippen molar-refractivity contribution in [1.29, 1.82) is 0 Å². The Morgan fingerprint density at radius 3 is 2.47 bits per heavy atom. The van der Waals surface area contributed by atoms with E-state index >= 15 is 0 Å². The molecule has 2 heterocycles. The van der Waals surface area contributed by atoms with Crippen molar-refractivity contribution < 1.29 is 4.74 Å². The molecule has 2 aliphatic rings. The van der Waals surface area contributed by atoms with Crippen molar-refractivity contribution >= 4 is 0 Å². The van der Waals surface area contributed by atoms with Crippen molar-refractivity contribution in [2.24, 2.45) is 11.7 Å². The Kier molecular flexibility index (Phi) is 3.64. The Morgan fingerprint density at radius 2 is 1.95 bits per heavy atom. The van der Waals surface area contributed by atoms with Crippen LogP contribution in [0.15, 0.2) is 24.3 Å². The molecule has 19 heavy (non-hydrogen) atoms. The molecule has 0 spiro atoms. The van der Waals surface area contributed by atoms with Crippen molar-refractivity contribution in [3.63, 3.8) is 0 Å². The number of fused-ring (bicyclic) bond motifs is 2. The maximum Gasteiger partial charge on any atom is 0.0623 e. The number of hydrogen-bond acceptors (Lipinski definition) is 2. The highest BCUT2D eigenvalue weighted by atomic mass is 16.5. The van der Waals surface area contributed by atoms with Gasteiger partial charge < -0.3 is 10.5 Å². The lowest BCUT2D eigenvalue weighted by atomic mass is 9.82. The maximum atomic E-state index is 6.42. The third-order valence-electron chi connectivity index (χ3n) is 4.82. The van der Waals surface area contributed by atoms with E-state index in [-0.39, 0.29) is 6.04 Å². The van der Waals surface area contributed by atoms with Crippen LogP contribution < -0.4 is 5.73 Å². The van der Waals surface area contributed by atoms with Crippen LogP contribution in [0.5, 0.6) is 0 Å². The fraction of sp³-hybridized carbons (Fsp3) is 0.647. The average molecular weight is 259 g/mol. The minimum Gasteiger partial charge on any atom is -0.375 e. The molecular weight excluding hydrogens is 234 g/mol. The lowest BCUT2D eigenvalue weighted by Crippen LogP contribution is -2.37. The Bertz CT molecular complexity index is 425. The summed E-state index contributed by atoms with van der Waals surface area (Å²) >= 11 is 0. The molecule has 4 unspecified atom stereocenters. The van der Waals surface area contributed by atoms with Crippen molar-refractivity contribution in [3.05, 3.63) is 35.4 Å². The summed E-state index contributed by atoms with van der Waals surface area (Å²) in [4.78, 5) is 0. The van der Waals surface area contributed by atoms with Crippen LogP contribution in [0, 0.1) is 5.92 Å². The van der Waals surface area contributed by atoms with E-state index in [0.717, 1.165) is 6.42 Å². The molecule has 2 heteroatoms. The molecule has 2 nitrogen and oxygen atoms in total. The SMILES string of the molecule is CC(C)c1ccc(CC(N)C2CC3CCC2O3)cc1. The van der Waals surface area contributed by atoms with Gasteiger partial charge in [0.05, 0.1) is 12.2 Å². The molecule has 2 bridgehead atoms. The van der Waals surface area contributed by atoms with Crippen LogP contribution in [0.1, 0.15) is 50.2 Å². The van der Waals surface area contributed by atoms with E-state index in [1.165, 1.54) is 30.4 Å². The van der Waals surface area contributed by atoms with Crippen molar-refractivity contribution in [2.75, 3.05) is 0 Å². The molecule has 104 valence electrons. The van der Waals surface area contributed by atoms with Gasteiger partial charge in [0.25, 0.3) is 0 Å². The van der Waals surface area contributed by atoms with Gasteiger partial charge in [-0.1, -0.05) is 38.1 Å². The molecule has 0 aromatic heterocycles. The van der Waals surface area contributed by atoms with Crippen molar-refractivity contribution in [1.82, 2.24) is 0 Å². The number of rotatable bonds is 4. The van der Waals surface area contributed by atoms with Gasteiger partial charge in [0.15, 0.2) is 0 Å². The zero-order chi connectivity index (χ0) is 13.4. The lowest BCUT2D eigenvalue weighted by molar-refractivity contribution is 0.0885.